The smallest absolute Gasteiger partial charge is 0.184 e. The van der Waals surface area contributed by atoms with Crippen LogP contribution in [0.25, 0.3) is 0 Å². The highest BCUT2D eigenvalue weighted by Crippen LogP contribution is 2.31. The molecule has 2 rings (SSSR count). The van der Waals surface area contributed by atoms with Crippen molar-refractivity contribution in [3.8, 4) is 0 Å². The topological polar surface area (TPSA) is 132 Å². The standard InChI is InChI=1S/C12H23NO7/c1-19-12-11(18)8(10(17)7(4-14)20-12)9(16)6-2-5(15)3-13-6/h5-18H,2-4H2,1H3/t5-,6+,7-,8+,9+,10+,11-,12?/m1/s1. The van der Waals surface area contributed by atoms with Gasteiger partial charge in [-0.2, -0.15) is 0 Å². The van der Waals surface area contributed by atoms with Gasteiger partial charge in [0.2, 0.25) is 0 Å². The van der Waals surface area contributed by atoms with Gasteiger partial charge in [0.05, 0.1) is 24.9 Å². The minimum absolute atomic E-state index is 0.333. The Bertz CT molecular complexity index is 302. The molecule has 0 bridgehead atoms. The molecule has 6 N–H and O–H groups in total. The first-order chi connectivity index (χ1) is 9.49. The van der Waals surface area contributed by atoms with Crippen molar-refractivity contribution in [2.24, 2.45) is 5.92 Å². The molecule has 2 heterocycles. The van der Waals surface area contributed by atoms with Crippen molar-refractivity contribution in [3.05, 3.63) is 0 Å². The number of rotatable bonds is 4. The van der Waals surface area contributed by atoms with Crippen LogP contribution in [-0.4, -0.2) is 88.6 Å². The van der Waals surface area contributed by atoms with Crippen LogP contribution in [-0.2, 0) is 9.47 Å². The number of β-amino-alcohol motifs (C(OH)–C–C–N with tert-alkyl or cyclic N) is 1. The van der Waals surface area contributed by atoms with Gasteiger partial charge in [-0.1, -0.05) is 0 Å². The van der Waals surface area contributed by atoms with E-state index in [2.05, 4.69) is 5.32 Å². The van der Waals surface area contributed by atoms with E-state index in [4.69, 9.17) is 9.47 Å². The van der Waals surface area contributed by atoms with Crippen LogP contribution >= 0.6 is 0 Å². The van der Waals surface area contributed by atoms with Crippen molar-refractivity contribution in [2.45, 2.75) is 49.3 Å². The molecule has 118 valence electrons. The number of nitrogens with one attached hydrogen (secondary N) is 1. The number of hydrogen-bond acceptors (Lipinski definition) is 8. The zero-order chi connectivity index (χ0) is 14.9. The molecule has 8 nitrogen and oxygen atoms in total. The molecule has 0 aromatic rings. The second-order valence-electron chi connectivity index (χ2n) is 5.41. The maximum absolute atomic E-state index is 10.4. The summed E-state index contributed by atoms with van der Waals surface area (Å²) in [4.78, 5) is 0. The third-order valence-electron chi connectivity index (χ3n) is 4.12. The van der Waals surface area contributed by atoms with Crippen molar-refractivity contribution in [3.63, 3.8) is 0 Å². The number of hydrogen-bond donors (Lipinski definition) is 6. The molecule has 20 heavy (non-hydrogen) atoms. The van der Waals surface area contributed by atoms with Gasteiger partial charge in [0.1, 0.15) is 12.2 Å². The number of ether oxygens (including phenoxy) is 2. The largest absolute Gasteiger partial charge is 0.394 e. The highest BCUT2D eigenvalue weighted by atomic mass is 16.7. The summed E-state index contributed by atoms with van der Waals surface area (Å²) in [5, 5.41) is 52.3. The van der Waals surface area contributed by atoms with E-state index < -0.39 is 55.4 Å². The molecule has 0 aromatic carbocycles. The minimum atomic E-state index is -1.23. The summed E-state index contributed by atoms with van der Waals surface area (Å²) in [6.07, 6.45) is -5.73. The van der Waals surface area contributed by atoms with Crippen LogP contribution in [0.2, 0.25) is 0 Å². The average Bonchev–Trinajstić information content (AvgIpc) is 2.86. The second-order valence-corrected chi connectivity index (χ2v) is 5.41. The van der Waals surface area contributed by atoms with Crippen molar-refractivity contribution in [2.75, 3.05) is 20.3 Å². The Kier molecular flexibility index (Phi) is 5.32. The van der Waals surface area contributed by atoms with E-state index in [1.165, 1.54) is 7.11 Å². The molecular formula is C12H23NO7. The molecule has 0 aliphatic carbocycles. The Morgan fingerprint density at radius 3 is 2.50 bits per heavy atom. The Morgan fingerprint density at radius 1 is 1.30 bits per heavy atom. The molecule has 8 heteroatoms. The lowest BCUT2D eigenvalue weighted by Gasteiger charge is -2.44. The van der Waals surface area contributed by atoms with Gasteiger partial charge in [-0.3, -0.25) is 0 Å². The van der Waals surface area contributed by atoms with Crippen molar-refractivity contribution < 1.29 is 35.0 Å². The third kappa shape index (κ3) is 2.97. The fourth-order valence-corrected chi connectivity index (χ4v) is 2.99. The van der Waals surface area contributed by atoms with Crippen LogP contribution in [0.3, 0.4) is 0 Å². The molecule has 2 aliphatic rings. The normalized spacial score (nSPS) is 47.4. The average molecular weight is 293 g/mol. The Balaban J connectivity index is 2.12. The SMILES string of the molecule is COC1O[C@H](CO)[C@H](O)[C@H]([C@@H](O)[C@@H]2C[C@@H](O)CN2)[C@H]1O. The first-order valence-corrected chi connectivity index (χ1v) is 6.74. The predicted molar refractivity (Wildman–Crippen MR) is 66.7 cm³/mol. The molecule has 0 aromatic heterocycles. The lowest BCUT2D eigenvalue weighted by atomic mass is 9.81. The van der Waals surface area contributed by atoms with Gasteiger partial charge in [-0.15, -0.1) is 0 Å². The van der Waals surface area contributed by atoms with E-state index in [9.17, 15) is 25.5 Å². The lowest BCUT2D eigenvalue weighted by Crippen LogP contribution is -2.61. The van der Waals surface area contributed by atoms with Crippen LogP contribution in [0.5, 0.6) is 0 Å². The molecule has 2 fully saturated rings. The number of aliphatic hydroxyl groups is 5. The van der Waals surface area contributed by atoms with Gasteiger partial charge in [0, 0.05) is 25.6 Å². The second kappa shape index (κ2) is 6.63. The molecular weight excluding hydrogens is 270 g/mol. The molecule has 0 saturated carbocycles. The fourth-order valence-electron chi connectivity index (χ4n) is 2.99. The highest BCUT2D eigenvalue weighted by Gasteiger charge is 2.50. The van der Waals surface area contributed by atoms with E-state index in [0.717, 1.165) is 0 Å². The summed E-state index contributed by atoms with van der Waals surface area (Å²) >= 11 is 0. The first-order valence-electron chi connectivity index (χ1n) is 6.74. The summed E-state index contributed by atoms with van der Waals surface area (Å²) in [6.45, 7) is -0.0913. The van der Waals surface area contributed by atoms with E-state index in [1.54, 1.807) is 0 Å². The molecule has 0 spiro atoms. The zero-order valence-electron chi connectivity index (χ0n) is 11.3. The van der Waals surface area contributed by atoms with Crippen molar-refractivity contribution >= 4 is 0 Å². The maximum atomic E-state index is 10.4. The molecule has 8 atom stereocenters. The summed E-state index contributed by atoms with van der Waals surface area (Å²) in [5.74, 6) is -0.936. The summed E-state index contributed by atoms with van der Waals surface area (Å²) < 4.78 is 10.2. The molecule has 0 radical (unpaired) electrons. The minimum Gasteiger partial charge on any atom is -0.394 e. The number of methoxy groups -OCH3 is 1. The molecule has 2 saturated heterocycles. The van der Waals surface area contributed by atoms with Gasteiger partial charge in [0.25, 0.3) is 0 Å². The van der Waals surface area contributed by atoms with Crippen LogP contribution in [0.4, 0.5) is 0 Å². The molecule has 2 aliphatic heterocycles. The van der Waals surface area contributed by atoms with E-state index in [-0.39, 0.29) is 0 Å². The van der Waals surface area contributed by atoms with Crippen LogP contribution in [0.15, 0.2) is 0 Å². The van der Waals surface area contributed by atoms with Gasteiger partial charge in [-0.25, -0.2) is 0 Å². The predicted octanol–water partition coefficient (Wildman–Crippen LogP) is -3.23. The quantitative estimate of drug-likeness (QED) is 0.319. The van der Waals surface area contributed by atoms with Crippen LogP contribution in [0, 0.1) is 5.92 Å². The van der Waals surface area contributed by atoms with Gasteiger partial charge in [-0.05, 0) is 6.42 Å². The van der Waals surface area contributed by atoms with Crippen molar-refractivity contribution in [1.82, 2.24) is 5.32 Å². The van der Waals surface area contributed by atoms with Gasteiger partial charge in [0.15, 0.2) is 6.29 Å². The van der Waals surface area contributed by atoms with E-state index >= 15 is 0 Å². The van der Waals surface area contributed by atoms with Crippen LogP contribution in [0.1, 0.15) is 6.42 Å². The van der Waals surface area contributed by atoms with E-state index in [0.29, 0.717) is 13.0 Å². The summed E-state index contributed by atoms with van der Waals surface area (Å²) in [7, 11) is 1.33. The Morgan fingerprint density at radius 2 is 2.00 bits per heavy atom. The zero-order valence-corrected chi connectivity index (χ0v) is 11.3. The van der Waals surface area contributed by atoms with Gasteiger partial charge < -0.3 is 40.3 Å². The monoisotopic (exact) mass is 293 g/mol. The Labute approximate surface area is 116 Å². The number of aliphatic hydroxyl groups excluding tert-OH is 5. The van der Waals surface area contributed by atoms with Gasteiger partial charge >= 0.3 is 0 Å². The first kappa shape index (κ1) is 16.1. The lowest BCUT2D eigenvalue weighted by molar-refractivity contribution is -0.294. The third-order valence-corrected chi connectivity index (χ3v) is 4.12. The summed E-state index contributed by atoms with van der Waals surface area (Å²) in [5.41, 5.74) is 0. The fraction of sp³-hybridized carbons (Fsp3) is 1.00. The molecule has 0 amide bonds. The van der Waals surface area contributed by atoms with Crippen LogP contribution < -0.4 is 5.32 Å². The Hall–Kier alpha value is -0.320. The molecule has 1 unspecified atom stereocenters. The summed E-state index contributed by atoms with van der Waals surface area (Å²) in [6, 6.07) is -0.436. The highest BCUT2D eigenvalue weighted by molar-refractivity contribution is 4.98. The maximum Gasteiger partial charge on any atom is 0.184 e. The van der Waals surface area contributed by atoms with E-state index in [1.807, 2.05) is 0 Å². The van der Waals surface area contributed by atoms with Crippen molar-refractivity contribution in [1.29, 1.82) is 0 Å².